The molecule has 0 saturated carbocycles. The third-order valence-corrected chi connectivity index (χ3v) is 3.09. The Morgan fingerprint density at radius 1 is 1.39 bits per heavy atom. The average molecular weight is 315 g/mol. The van der Waals surface area contributed by atoms with Gasteiger partial charge in [0.2, 0.25) is 0 Å². The van der Waals surface area contributed by atoms with Crippen LogP contribution in [0.5, 0.6) is 0 Å². The molecule has 98 valence electrons. The molecule has 1 rings (SSSR count). The van der Waals surface area contributed by atoms with Gasteiger partial charge in [-0.2, -0.15) is 0 Å². The second-order valence-electron chi connectivity index (χ2n) is 3.67. The van der Waals surface area contributed by atoms with Crippen molar-refractivity contribution < 1.29 is 19.4 Å². The first-order chi connectivity index (χ1) is 8.63. The van der Waals surface area contributed by atoms with Crippen LogP contribution in [0.15, 0.2) is 18.2 Å². The smallest absolute Gasteiger partial charge is 0.338 e. The normalized spacial score (nSPS) is 10.2. The Labute approximate surface area is 114 Å². The van der Waals surface area contributed by atoms with E-state index in [4.69, 9.17) is 4.74 Å². The molecule has 1 N–H and O–H groups in total. The van der Waals surface area contributed by atoms with Gasteiger partial charge in [0.1, 0.15) is 5.78 Å². The Kier molecular flexibility index (Phi) is 6.01. The van der Waals surface area contributed by atoms with Crippen LogP contribution in [0.2, 0.25) is 0 Å². The van der Waals surface area contributed by atoms with Gasteiger partial charge in [-0.1, -0.05) is 28.1 Å². The summed E-state index contributed by atoms with van der Waals surface area (Å²) in [5.74, 6) is -0.522. The second kappa shape index (κ2) is 7.28. The van der Waals surface area contributed by atoms with Crippen molar-refractivity contribution in [3.8, 4) is 0 Å². The van der Waals surface area contributed by atoms with Gasteiger partial charge in [-0.05, 0) is 24.1 Å². The van der Waals surface area contributed by atoms with Crippen molar-refractivity contribution >= 4 is 27.7 Å². The molecule has 0 aromatic heterocycles. The summed E-state index contributed by atoms with van der Waals surface area (Å²) >= 11 is 3.08. The number of aliphatic hydroxyl groups is 1. The standard InChI is InChI=1S/C13H15BrO4/c1-2-18-13(17)11-5-3-4-9(8-15)12(11)6-10(16)7-14/h3-5,15H,2,6-8H2,1H3. The summed E-state index contributed by atoms with van der Waals surface area (Å²) in [6, 6.07) is 4.97. The summed E-state index contributed by atoms with van der Waals surface area (Å²) in [5, 5.41) is 9.48. The molecule has 0 atom stereocenters. The van der Waals surface area contributed by atoms with Gasteiger partial charge >= 0.3 is 5.97 Å². The number of ketones is 1. The van der Waals surface area contributed by atoms with Crippen LogP contribution in [0.1, 0.15) is 28.4 Å². The molecular formula is C13H15BrO4. The summed E-state index contributed by atoms with van der Waals surface area (Å²) in [6.07, 6.45) is 0.107. The van der Waals surface area contributed by atoms with E-state index < -0.39 is 5.97 Å². The maximum atomic E-state index is 11.8. The maximum absolute atomic E-state index is 11.8. The van der Waals surface area contributed by atoms with Crippen LogP contribution in [0.4, 0.5) is 0 Å². The van der Waals surface area contributed by atoms with E-state index in [0.717, 1.165) is 0 Å². The van der Waals surface area contributed by atoms with E-state index in [1.807, 2.05) is 0 Å². The van der Waals surface area contributed by atoms with Crippen molar-refractivity contribution in [2.45, 2.75) is 20.0 Å². The van der Waals surface area contributed by atoms with Crippen molar-refractivity contribution in [1.82, 2.24) is 0 Å². The molecule has 0 saturated heterocycles. The van der Waals surface area contributed by atoms with Crippen LogP contribution in [-0.4, -0.2) is 28.8 Å². The van der Waals surface area contributed by atoms with E-state index in [9.17, 15) is 14.7 Å². The van der Waals surface area contributed by atoms with Crippen LogP contribution in [0, 0.1) is 0 Å². The van der Waals surface area contributed by atoms with Gasteiger partial charge in [-0.25, -0.2) is 4.79 Å². The number of ether oxygens (including phenoxy) is 1. The highest BCUT2D eigenvalue weighted by Crippen LogP contribution is 2.18. The van der Waals surface area contributed by atoms with Crippen molar-refractivity contribution in [2.24, 2.45) is 0 Å². The van der Waals surface area contributed by atoms with Crippen LogP contribution >= 0.6 is 15.9 Å². The summed E-state index contributed by atoms with van der Waals surface area (Å²) < 4.78 is 4.94. The SMILES string of the molecule is CCOC(=O)c1cccc(CO)c1CC(=O)CBr. The zero-order chi connectivity index (χ0) is 13.5. The molecule has 0 aliphatic rings. The van der Waals surface area contributed by atoms with Gasteiger partial charge < -0.3 is 9.84 Å². The van der Waals surface area contributed by atoms with Crippen LogP contribution in [0.25, 0.3) is 0 Å². The van der Waals surface area contributed by atoms with Crippen molar-refractivity contribution in [3.63, 3.8) is 0 Å². The van der Waals surface area contributed by atoms with Crippen LogP contribution in [-0.2, 0) is 22.6 Å². The number of alkyl halides is 1. The Hall–Kier alpha value is -1.20. The zero-order valence-electron chi connectivity index (χ0n) is 10.1. The quantitative estimate of drug-likeness (QED) is 0.643. The Morgan fingerprint density at radius 3 is 2.67 bits per heavy atom. The first-order valence-corrected chi connectivity index (χ1v) is 6.72. The van der Waals surface area contributed by atoms with Gasteiger partial charge in [0, 0.05) is 6.42 Å². The summed E-state index contributed by atoms with van der Waals surface area (Å²) in [7, 11) is 0. The number of esters is 1. The Balaban J connectivity index is 3.15. The van der Waals surface area contributed by atoms with Crippen LogP contribution in [0.3, 0.4) is 0 Å². The second-order valence-corrected chi connectivity index (χ2v) is 4.23. The molecular weight excluding hydrogens is 300 g/mol. The minimum absolute atomic E-state index is 0.0542. The van der Waals surface area contributed by atoms with E-state index in [-0.39, 0.29) is 30.7 Å². The lowest BCUT2D eigenvalue weighted by atomic mass is 9.97. The van der Waals surface area contributed by atoms with Gasteiger partial charge in [0.25, 0.3) is 0 Å². The number of carbonyl (C=O) groups excluding carboxylic acids is 2. The molecule has 0 fully saturated rings. The minimum atomic E-state index is -0.467. The molecule has 5 heteroatoms. The van der Waals surface area contributed by atoms with Gasteiger partial charge in [0.15, 0.2) is 0 Å². The highest BCUT2D eigenvalue weighted by molar-refractivity contribution is 9.09. The molecule has 0 heterocycles. The monoisotopic (exact) mass is 314 g/mol. The van der Waals surface area contributed by atoms with Gasteiger partial charge in [-0.15, -0.1) is 0 Å². The topological polar surface area (TPSA) is 63.6 Å². The molecule has 0 bridgehead atoms. The molecule has 0 spiro atoms. The molecule has 0 aliphatic heterocycles. The van der Waals surface area contributed by atoms with E-state index in [0.29, 0.717) is 16.7 Å². The third-order valence-electron chi connectivity index (χ3n) is 2.46. The van der Waals surface area contributed by atoms with E-state index in [2.05, 4.69) is 15.9 Å². The average Bonchev–Trinajstić information content (AvgIpc) is 2.38. The van der Waals surface area contributed by atoms with Crippen LogP contribution < -0.4 is 0 Å². The maximum Gasteiger partial charge on any atom is 0.338 e. The molecule has 0 aliphatic carbocycles. The minimum Gasteiger partial charge on any atom is -0.462 e. The molecule has 0 radical (unpaired) electrons. The summed E-state index contributed by atoms with van der Waals surface area (Å²) in [5.41, 5.74) is 1.47. The van der Waals surface area contributed by atoms with Crippen molar-refractivity contribution in [1.29, 1.82) is 0 Å². The number of rotatable bonds is 6. The first kappa shape index (κ1) is 14.9. The number of hydrogen-bond acceptors (Lipinski definition) is 4. The zero-order valence-corrected chi connectivity index (χ0v) is 11.7. The highest BCUT2D eigenvalue weighted by atomic mass is 79.9. The number of benzene rings is 1. The number of carbonyl (C=O) groups is 2. The number of halogens is 1. The van der Waals surface area contributed by atoms with Crippen molar-refractivity contribution in [2.75, 3.05) is 11.9 Å². The molecule has 18 heavy (non-hydrogen) atoms. The molecule has 0 unspecified atom stereocenters. The van der Waals surface area contributed by atoms with Crippen molar-refractivity contribution in [3.05, 3.63) is 34.9 Å². The molecule has 0 amide bonds. The molecule has 1 aromatic rings. The number of hydrogen-bond donors (Lipinski definition) is 1. The predicted molar refractivity (Wildman–Crippen MR) is 70.8 cm³/mol. The van der Waals surface area contributed by atoms with E-state index in [1.54, 1.807) is 25.1 Å². The number of aliphatic hydroxyl groups excluding tert-OH is 1. The Morgan fingerprint density at radius 2 is 2.11 bits per heavy atom. The predicted octanol–water partition coefficient (Wildman–Crippen LogP) is 1.86. The van der Waals surface area contributed by atoms with Gasteiger partial charge in [0.05, 0.1) is 24.1 Å². The highest BCUT2D eigenvalue weighted by Gasteiger charge is 2.17. The molecule has 1 aromatic carbocycles. The fraction of sp³-hybridized carbons (Fsp3) is 0.385. The van der Waals surface area contributed by atoms with E-state index >= 15 is 0 Å². The lowest BCUT2D eigenvalue weighted by Crippen LogP contribution is -2.14. The fourth-order valence-electron chi connectivity index (χ4n) is 1.64. The lowest BCUT2D eigenvalue weighted by molar-refractivity contribution is -0.115. The largest absolute Gasteiger partial charge is 0.462 e. The summed E-state index contributed by atoms with van der Waals surface area (Å²) in [4.78, 5) is 23.3. The first-order valence-electron chi connectivity index (χ1n) is 5.60. The third kappa shape index (κ3) is 3.65. The number of Topliss-reactive ketones (excluding diaryl/α,β-unsaturated/α-hetero) is 1. The summed E-state index contributed by atoms with van der Waals surface area (Å²) in [6.45, 7) is 1.78. The van der Waals surface area contributed by atoms with E-state index in [1.165, 1.54) is 0 Å². The van der Waals surface area contributed by atoms with Gasteiger partial charge in [-0.3, -0.25) is 4.79 Å². The lowest BCUT2D eigenvalue weighted by Gasteiger charge is -2.11. The fourth-order valence-corrected chi connectivity index (χ4v) is 1.83. The Bertz CT molecular complexity index is 443. The molecule has 4 nitrogen and oxygen atoms in total.